The summed E-state index contributed by atoms with van der Waals surface area (Å²) in [5.74, 6) is 0. The second kappa shape index (κ2) is 6.13. The van der Waals surface area contributed by atoms with E-state index in [2.05, 4.69) is 21.2 Å². The zero-order valence-corrected chi connectivity index (χ0v) is 10.5. The molecule has 4 nitrogen and oxygen atoms in total. The molecular formula is C11H12BrN3O. The van der Waals surface area contributed by atoms with Gasteiger partial charge in [-0.3, -0.25) is 0 Å². The highest BCUT2D eigenvalue weighted by atomic mass is 79.9. The molecule has 1 aromatic rings. The first-order valence-corrected chi connectivity index (χ1v) is 5.87. The van der Waals surface area contributed by atoms with Gasteiger partial charge >= 0.3 is 6.03 Å². The number of anilines is 1. The minimum absolute atomic E-state index is 0.163. The topological polar surface area (TPSA) is 56.1 Å². The van der Waals surface area contributed by atoms with Crippen molar-refractivity contribution in [2.45, 2.75) is 0 Å². The Kier molecular flexibility index (Phi) is 4.80. The van der Waals surface area contributed by atoms with Gasteiger partial charge in [0.25, 0.3) is 0 Å². The van der Waals surface area contributed by atoms with Crippen LogP contribution in [0.15, 0.2) is 24.3 Å². The number of hydrogen-bond donors (Lipinski definition) is 1. The summed E-state index contributed by atoms with van der Waals surface area (Å²) in [5, 5.41) is 12.1. The Morgan fingerprint density at radius 3 is 2.62 bits per heavy atom. The summed E-state index contributed by atoms with van der Waals surface area (Å²) in [5.41, 5.74) is 1.26. The molecule has 84 valence electrons. The van der Waals surface area contributed by atoms with Crippen LogP contribution in [-0.4, -0.2) is 29.9 Å². The van der Waals surface area contributed by atoms with Crippen LogP contribution in [0.1, 0.15) is 5.56 Å². The fourth-order valence-corrected chi connectivity index (χ4v) is 1.61. The number of nitrogens with one attached hydrogen (secondary N) is 1. The maximum Gasteiger partial charge on any atom is 0.321 e. The van der Waals surface area contributed by atoms with Gasteiger partial charge in [-0.25, -0.2) is 4.79 Å². The van der Waals surface area contributed by atoms with E-state index in [4.69, 9.17) is 5.26 Å². The zero-order valence-electron chi connectivity index (χ0n) is 8.90. The summed E-state index contributed by atoms with van der Waals surface area (Å²) < 4.78 is 0. The molecular weight excluding hydrogens is 270 g/mol. The number of alkyl halides is 1. The van der Waals surface area contributed by atoms with Crippen molar-refractivity contribution in [3.8, 4) is 6.07 Å². The molecule has 1 rings (SSSR count). The van der Waals surface area contributed by atoms with Gasteiger partial charge in [-0.15, -0.1) is 0 Å². The van der Waals surface area contributed by atoms with Crippen LogP contribution in [0.25, 0.3) is 0 Å². The molecule has 0 aliphatic heterocycles. The van der Waals surface area contributed by atoms with Crippen LogP contribution in [0, 0.1) is 11.3 Å². The number of benzene rings is 1. The van der Waals surface area contributed by atoms with Gasteiger partial charge in [0, 0.05) is 24.6 Å². The summed E-state index contributed by atoms with van der Waals surface area (Å²) in [6, 6.07) is 8.61. The predicted molar refractivity (Wildman–Crippen MR) is 66.6 cm³/mol. The van der Waals surface area contributed by atoms with Gasteiger partial charge in [-0.1, -0.05) is 15.9 Å². The molecule has 2 amide bonds. The molecule has 0 aromatic heterocycles. The molecule has 16 heavy (non-hydrogen) atoms. The molecule has 0 unspecified atom stereocenters. The average Bonchev–Trinajstić information content (AvgIpc) is 2.30. The van der Waals surface area contributed by atoms with E-state index in [1.54, 1.807) is 36.2 Å². The van der Waals surface area contributed by atoms with E-state index >= 15 is 0 Å². The molecule has 0 spiro atoms. The smallest absolute Gasteiger partial charge is 0.321 e. The van der Waals surface area contributed by atoms with Gasteiger partial charge in [-0.2, -0.15) is 5.26 Å². The molecule has 0 aliphatic carbocycles. The third kappa shape index (κ3) is 3.55. The van der Waals surface area contributed by atoms with Crippen LogP contribution < -0.4 is 5.32 Å². The summed E-state index contributed by atoms with van der Waals surface area (Å²) >= 11 is 3.26. The van der Waals surface area contributed by atoms with E-state index in [-0.39, 0.29) is 6.03 Å². The number of nitrogens with zero attached hydrogens (tertiary/aromatic N) is 2. The van der Waals surface area contributed by atoms with Crippen LogP contribution in [-0.2, 0) is 0 Å². The zero-order chi connectivity index (χ0) is 12.0. The maximum absolute atomic E-state index is 11.6. The molecule has 0 fully saturated rings. The average molecular weight is 282 g/mol. The quantitative estimate of drug-likeness (QED) is 0.865. The second-order valence-corrected chi connectivity index (χ2v) is 4.02. The molecule has 1 aromatic carbocycles. The number of rotatable bonds is 3. The van der Waals surface area contributed by atoms with E-state index in [9.17, 15) is 4.79 Å². The Hall–Kier alpha value is -1.54. The number of hydrogen-bond acceptors (Lipinski definition) is 2. The second-order valence-electron chi connectivity index (χ2n) is 3.23. The standard InChI is InChI=1S/C11H12BrN3O/c1-15(7-6-12)11(16)14-10-4-2-9(8-13)3-5-10/h2-5H,6-7H2,1H3,(H,14,16). The lowest BCUT2D eigenvalue weighted by molar-refractivity contribution is 0.225. The van der Waals surface area contributed by atoms with E-state index in [0.717, 1.165) is 5.33 Å². The first-order chi connectivity index (χ1) is 7.67. The van der Waals surface area contributed by atoms with E-state index < -0.39 is 0 Å². The largest absolute Gasteiger partial charge is 0.327 e. The highest BCUT2D eigenvalue weighted by Crippen LogP contribution is 2.09. The Morgan fingerprint density at radius 2 is 2.12 bits per heavy atom. The Morgan fingerprint density at radius 1 is 1.50 bits per heavy atom. The van der Waals surface area contributed by atoms with Crippen molar-refractivity contribution in [2.24, 2.45) is 0 Å². The molecule has 0 bridgehead atoms. The summed E-state index contributed by atoms with van der Waals surface area (Å²) in [6.07, 6.45) is 0. The highest BCUT2D eigenvalue weighted by molar-refractivity contribution is 9.09. The minimum Gasteiger partial charge on any atom is -0.327 e. The lowest BCUT2D eigenvalue weighted by atomic mass is 10.2. The molecule has 0 saturated carbocycles. The van der Waals surface area contributed by atoms with Crippen molar-refractivity contribution < 1.29 is 4.79 Å². The van der Waals surface area contributed by atoms with E-state index in [1.165, 1.54) is 0 Å². The van der Waals surface area contributed by atoms with Crippen molar-refractivity contribution in [1.29, 1.82) is 5.26 Å². The fourth-order valence-electron chi connectivity index (χ4n) is 1.08. The Balaban J connectivity index is 2.60. The summed E-state index contributed by atoms with van der Waals surface area (Å²) in [6.45, 7) is 0.641. The number of urea groups is 1. The maximum atomic E-state index is 11.6. The number of halogens is 1. The molecule has 1 N–H and O–H groups in total. The third-order valence-electron chi connectivity index (χ3n) is 2.03. The number of nitriles is 1. The minimum atomic E-state index is -0.163. The molecule has 0 aliphatic rings. The van der Waals surface area contributed by atoms with Crippen LogP contribution in [0.4, 0.5) is 10.5 Å². The first kappa shape index (κ1) is 12.5. The number of carbonyl (C=O) groups is 1. The van der Waals surface area contributed by atoms with Gasteiger partial charge in [0.15, 0.2) is 0 Å². The number of amides is 2. The van der Waals surface area contributed by atoms with Gasteiger partial charge in [0.05, 0.1) is 11.6 Å². The Labute approximate surface area is 103 Å². The van der Waals surface area contributed by atoms with Crippen LogP contribution in [0.2, 0.25) is 0 Å². The normalized spacial score (nSPS) is 9.31. The molecule has 0 atom stereocenters. The van der Waals surface area contributed by atoms with E-state index in [0.29, 0.717) is 17.8 Å². The van der Waals surface area contributed by atoms with Crippen molar-refractivity contribution in [1.82, 2.24) is 4.90 Å². The van der Waals surface area contributed by atoms with Crippen molar-refractivity contribution >= 4 is 27.6 Å². The molecule has 0 radical (unpaired) electrons. The monoisotopic (exact) mass is 281 g/mol. The van der Waals surface area contributed by atoms with Gasteiger partial charge in [-0.05, 0) is 24.3 Å². The Bertz CT molecular complexity index is 397. The molecule has 0 heterocycles. The van der Waals surface area contributed by atoms with Gasteiger partial charge in [0.1, 0.15) is 0 Å². The lowest BCUT2D eigenvalue weighted by Gasteiger charge is -2.16. The summed E-state index contributed by atoms with van der Waals surface area (Å²) in [7, 11) is 1.72. The fraction of sp³-hybridized carbons (Fsp3) is 0.273. The predicted octanol–water partition coefficient (Wildman–Crippen LogP) is 2.42. The number of carbonyl (C=O) groups excluding carboxylic acids is 1. The van der Waals surface area contributed by atoms with Crippen LogP contribution in [0.3, 0.4) is 0 Å². The molecule has 5 heteroatoms. The van der Waals surface area contributed by atoms with E-state index in [1.807, 2.05) is 6.07 Å². The van der Waals surface area contributed by atoms with Crippen molar-refractivity contribution in [3.05, 3.63) is 29.8 Å². The SMILES string of the molecule is CN(CCBr)C(=O)Nc1ccc(C#N)cc1. The lowest BCUT2D eigenvalue weighted by Crippen LogP contribution is -2.32. The van der Waals surface area contributed by atoms with Crippen LogP contribution in [0.5, 0.6) is 0 Å². The van der Waals surface area contributed by atoms with Gasteiger partial charge < -0.3 is 10.2 Å². The third-order valence-corrected chi connectivity index (χ3v) is 2.39. The van der Waals surface area contributed by atoms with Crippen LogP contribution >= 0.6 is 15.9 Å². The van der Waals surface area contributed by atoms with Gasteiger partial charge in [0.2, 0.25) is 0 Å². The highest BCUT2D eigenvalue weighted by Gasteiger charge is 2.07. The van der Waals surface area contributed by atoms with Crippen molar-refractivity contribution in [2.75, 3.05) is 24.2 Å². The van der Waals surface area contributed by atoms with Crippen molar-refractivity contribution in [3.63, 3.8) is 0 Å². The molecule has 0 saturated heterocycles. The first-order valence-electron chi connectivity index (χ1n) is 4.75. The summed E-state index contributed by atoms with van der Waals surface area (Å²) in [4.78, 5) is 13.2.